The van der Waals surface area contributed by atoms with Crippen molar-refractivity contribution in [1.82, 2.24) is 15.1 Å². The van der Waals surface area contributed by atoms with Crippen LogP contribution in [0.15, 0.2) is 24.3 Å². The Hall–Kier alpha value is -2.67. The van der Waals surface area contributed by atoms with Crippen LogP contribution in [0, 0.1) is 6.92 Å². The number of aromatic nitrogens is 2. The summed E-state index contributed by atoms with van der Waals surface area (Å²) in [4.78, 5) is 24.5. The Kier molecular flexibility index (Phi) is 6.07. The number of benzene rings is 1. The van der Waals surface area contributed by atoms with E-state index in [9.17, 15) is 14.7 Å². The maximum absolute atomic E-state index is 12.9. The monoisotopic (exact) mass is 399 g/mol. The van der Waals surface area contributed by atoms with Crippen molar-refractivity contribution in [2.24, 2.45) is 0 Å². The lowest BCUT2D eigenvalue weighted by atomic mass is 10.1. The number of carboxylic acid groups (broad SMARTS) is 1. The number of nitrogens with zero attached hydrogens (tertiary/aromatic N) is 2. The summed E-state index contributed by atoms with van der Waals surface area (Å²) in [5, 5.41) is 16.7. The zero-order valence-corrected chi connectivity index (χ0v) is 17.5. The minimum atomic E-state index is -1.08. The molecule has 1 aromatic carbocycles. The van der Waals surface area contributed by atoms with Crippen molar-refractivity contribution in [1.29, 1.82) is 0 Å². The smallest absolute Gasteiger partial charge is 0.326 e. The van der Waals surface area contributed by atoms with Gasteiger partial charge in [-0.3, -0.25) is 4.79 Å². The Balaban J connectivity index is 1.79. The summed E-state index contributed by atoms with van der Waals surface area (Å²) in [6.07, 6.45) is 2.78. The highest BCUT2D eigenvalue weighted by molar-refractivity contribution is 5.96. The van der Waals surface area contributed by atoms with Gasteiger partial charge in [0.2, 0.25) is 0 Å². The number of rotatable bonds is 7. The van der Waals surface area contributed by atoms with Crippen molar-refractivity contribution in [3.05, 3.63) is 46.8 Å². The van der Waals surface area contributed by atoms with Crippen LogP contribution in [0.25, 0.3) is 5.69 Å². The normalized spacial score (nSPS) is 14.5. The molecule has 0 saturated heterocycles. The Morgan fingerprint density at radius 2 is 1.93 bits per heavy atom. The van der Waals surface area contributed by atoms with Gasteiger partial charge >= 0.3 is 5.97 Å². The Morgan fingerprint density at radius 3 is 2.55 bits per heavy atom. The molecule has 1 unspecified atom stereocenters. The van der Waals surface area contributed by atoms with E-state index in [1.54, 1.807) is 0 Å². The van der Waals surface area contributed by atoms with Gasteiger partial charge in [-0.1, -0.05) is 17.7 Å². The number of carboxylic acids is 1. The van der Waals surface area contributed by atoms with Crippen LogP contribution < -0.4 is 5.32 Å². The van der Waals surface area contributed by atoms with Crippen molar-refractivity contribution >= 4 is 11.9 Å². The molecule has 1 aliphatic rings. The first-order valence-corrected chi connectivity index (χ1v) is 10.0. The summed E-state index contributed by atoms with van der Waals surface area (Å²) in [6, 6.07) is 6.95. The first-order valence-electron chi connectivity index (χ1n) is 10.0. The highest BCUT2D eigenvalue weighted by atomic mass is 16.5. The molecule has 156 valence electrons. The van der Waals surface area contributed by atoms with E-state index in [4.69, 9.17) is 4.74 Å². The largest absolute Gasteiger partial charge is 0.480 e. The third kappa shape index (κ3) is 5.03. The van der Waals surface area contributed by atoms with Crippen LogP contribution in [0.1, 0.15) is 60.9 Å². The highest BCUT2D eigenvalue weighted by Gasteiger charge is 2.29. The molecule has 2 aromatic rings. The number of hydrogen-bond donors (Lipinski definition) is 2. The third-order valence-electron chi connectivity index (χ3n) is 4.97. The summed E-state index contributed by atoms with van der Waals surface area (Å²) in [5.41, 5.74) is 3.96. The minimum absolute atomic E-state index is 0.194. The molecule has 0 bridgehead atoms. The lowest BCUT2D eigenvalue weighted by Gasteiger charge is -2.21. The molecule has 0 radical (unpaired) electrons. The Labute approximate surface area is 171 Å². The fraction of sp³-hybridized carbons (Fsp3) is 0.500. The molecule has 1 aromatic heterocycles. The number of amides is 1. The summed E-state index contributed by atoms with van der Waals surface area (Å²) in [7, 11) is 0. The van der Waals surface area contributed by atoms with Crippen LogP contribution in [0.5, 0.6) is 0 Å². The van der Waals surface area contributed by atoms with Gasteiger partial charge in [-0.2, -0.15) is 5.10 Å². The quantitative estimate of drug-likeness (QED) is 0.746. The summed E-state index contributed by atoms with van der Waals surface area (Å²) in [6.45, 7) is 7.98. The number of carbonyl (C=O) groups is 2. The highest BCUT2D eigenvalue weighted by Crippen LogP contribution is 2.28. The number of aliphatic carboxylic acids is 1. The molecule has 7 nitrogen and oxygen atoms in total. The molecule has 1 heterocycles. The molecule has 1 amide bonds. The van der Waals surface area contributed by atoms with E-state index < -0.39 is 17.9 Å². The van der Waals surface area contributed by atoms with E-state index in [2.05, 4.69) is 10.4 Å². The van der Waals surface area contributed by atoms with E-state index in [1.165, 1.54) is 0 Å². The second kappa shape index (κ2) is 8.37. The first kappa shape index (κ1) is 21.0. The van der Waals surface area contributed by atoms with E-state index >= 15 is 0 Å². The van der Waals surface area contributed by atoms with Gasteiger partial charge in [-0.15, -0.1) is 0 Å². The van der Waals surface area contributed by atoms with Crippen LogP contribution in [0.3, 0.4) is 0 Å². The van der Waals surface area contributed by atoms with Crippen LogP contribution >= 0.6 is 0 Å². The minimum Gasteiger partial charge on any atom is -0.480 e. The fourth-order valence-corrected chi connectivity index (χ4v) is 3.49. The Bertz CT molecular complexity index is 894. The van der Waals surface area contributed by atoms with Gasteiger partial charge in [0.15, 0.2) is 5.69 Å². The second-order valence-electron chi connectivity index (χ2n) is 8.49. The van der Waals surface area contributed by atoms with Crippen molar-refractivity contribution in [3.8, 4) is 5.69 Å². The number of nitrogens with one attached hydrogen (secondary N) is 1. The maximum Gasteiger partial charge on any atom is 0.326 e. The zero-order chi connectivity index (χ0) is 21.2. The molecule has 0 fully saturated rings. The van der Waals surface area contributed by atoms with Crippen molar-refractivity contribution in [3.63, 3.8) is 0 Å². The average molecular weight is 399 g/mol. The average Bonchev–Trinajstić information content (AvgIpc) is 3.23. The summed E-state index contributed by atoms with van der Waals surface area (Å²) >= 11 is 0. The topological polar surface area (TPSA) is 93.5 Å². The van der Waals surface area contributed by atoms with Gasteiger partial charge in [0, 0.05) is 24.3 Å². The third-order valence-corrected chi connectivity index (χ3v) is 4.97. The molecule has 0 spiro atoms. The molecular formula is C22H29N3O4. The van der Waals surface area contributed by atoms with Gasteiger partial charge in [0.1, 0.15) is 6.04 Å². The number of aryl methyl sites for hydroxylation is 1. The van der Waals surface area contributed by atoms with Gasteiger partial charge in [0.05, 0.1) is 11.3 Å². The molecule has 2 N–H and O–H groups in total. The number of ether oxygens (including phenoxy) is 1. The maximum atomic E-state index is 12.9. The number of carbonyl (C=O) groups excluding carboxylic acids is 1. The van der Waals surface area contributed by atoms with Crippen LogP contribution in [-0.4, -0.2) is 45.0 Å². The first-order chi connectivity index (χ1) is 13.7. The van der Waals surface area contributed by atoms with Gasteiger partial charge in [-0.25, -0.2) is 9.48 Å². The van der Waals surface area contributed by atoms with Gasteiger partial charge in [-0.05, 0) is 59.1 Å². The number of hydrogen-bond acceptors (Lipinski definition) is 4. The Morgan fingerprint density at radius 1 is 1.24 bits per heavy atom. The van der Waals surface area contributed by atoms with Crippen molar-refractivity contribution < 1.29 is 19.4 Å². The summed E-state index contributed by atoms with van der Waals surface area (Å²) < 4.78 is 7.42. The zero-order valence-electron chi connectivity index (χ0n) is 17.5. The van der Waals surface area contributed by atoms with Crippen LogP contribution in [0.4, 0.5) is 0 Å². The standard InChI is InChI=1S/C22H29N3O4/c1-14-8-10-15(11-9-14)25-18-7-5-6-16(18)19(24-25)20(26)23-17(21(27)28)12-13-29-22(2,3)4/h8-11,17H,5-7,12-13H2,1-4H3,(H,23,26)(H,27,28). The van der Waals surface area contributed by atoms with Gasteiger partial charge in [0.25, 0.3) is 5.91 Å². The fourth-order valence-electron chi connectivity index (χ4n) is 3.49. The molecular weight excluding hydrogens is 370 g/mol. The molecule has 1 aliphatic carbocycles. The van der Waals surface area contributed by atoms with E-state index in [1.807, 2.05) is 56.6 Å². The lowest BCUT2D eigenvalue weighted by molar-refractivity contribution is -0.140. The van der Waals surface area contributed by atoms with E-state index in [-0.39, 0.29) is 18.6 Å². The van der Waals surface area contributed by atoms with E-state index in [0.29, 0.717) is 5.69 Å². The molecule has 0 saturated carbocycles. The summed E-state index contributed by atoms with van der Waals surface area (Å²) in [5.74, 6) is -1.53. The number of fused-ring (bicyclic) bond motifs is 1. The van der Waals surface area contributed by atoms with Crippen molar-refractivity contribution in [2.45, 2.75) is 65.0 Å². The van der Waals surface area contributed by atoms with Gasteiger partial charge < -0.3 is 15.2 Å². The van der Waals surface area contributed by atoms with Crippen LogP contribution in [0.2, 0.25) is 0 Å². The SMILES string of the molecule is Cc1ccc(-n2nc(C(=O)NC(CCOC(C)(C)C)C(=O)O)c3c2CCC3)cc1. The molecule has 7 heteroatoms. The molecule has 0 aliphatic heterocycles. The van der Waals surface area contributed by atoms with Crippen molar-refractivity contribution in [2.75, 3.05) is 6.61 Å². The molecule has 3 rings (SSSR count). The van der Waals surface area contributed by atoms with E-state index in [0.717, 1.165) is 41.8 Å². The molecule has 1 atom stereocenters. The lowest BCUT2D eigenvalue weighted by Crippen LogP contribution is -2.42. The van der Waals surface area contributed by atoms with Crippen LogP contribution in [-0.2, 0) is 22.4 Å². The predicted molar refractivity (Wildman–Crippen MR) is 110 cm³/mol. The second-order valence-corrected chi connectivity index (χ2v) is 8.49. The predicted octanol–water partition coefficient (Wildman–Crippen LogP) is 3.06. The molecule has 29 heavy (non-hydrogen) atoms.